The summed E-state index contributed by atoms with van der Waals surface area (Å²) in [5, 5.41) is 0.321. The van der Waals surface area contributed by atoms with Crippen LogP contribution in [0.25, 0.3) is 11.4 Å². The van der Waals surface area contributed by atoms with Gasteiger partial charge in [0.05, 0.1) is 11.4 Å². The van der Waals surface area contributed by atoms with Gasteiger partial charge < -0.3 is 4.74 Å². The van der Waals surface area contributed by atoms with Crippen molar-refractivity contribution in [2.75, 3.05) is 0 Å². The number of nitrogens with zero attached hydrogens (tertiary/aromatic N) is 3. The van der Waals surface area contributed by atoms with Crippen LogP contribution in [0.2, 0.25) is 5.15 Å². The molecule has 0 unspecified atom stereocenters. The molecule has 0 fully saturated rings. The second-order valence-corrected chi connectivity index (χ2v) is 5.36. The number of aromatic nitrogens is 3. The second kappa shape index (κ2) is 5.01. The quantitative estimate of drug-likeness (QED) is 0.751. The lowest BCUT2D eigenvalue weighted by molar-refractivity contribution is 0.0540. The van der Waals surface area contributed by atoms with E-state index in [0.29, 0.717) is 16.5 Å². The minimum Gasteiger partial charge on any atom is -0.443 e. The van der Waals surface area contributed by atoms with Crippen LogP contribution >= 0.6 is 11.6 Å². The van der Waals surface area contributed by atoms with E-state index in [2.05, 4.69) is 9.97 Å². The van der Waals surface area contributed by atoms with Crippen molar-refractivity contribution in [3.05, 3.63) is 35.9 Å². The zero-order valence-electron chi connectivity index (χ0n) is 10.9. The lowest BCUT2D eigenvalue weighted by Crippen LogP contribution is -2.27. The molecule has 2 aromatic heterocycles. The van der Waals surface area contributed by atoms with Crippen molar-refractivity contribution < 1.29 is 9.53 Å². The van der Waals surface area contributed by atoms with E-state index in [4.69, 9.17) is 16.3 Å². The molecule has 0 bridgehead atoms. The Hall–Kier alpha value is -1.88. The smallest absolute Gasteiger partial charge is 0.419 e. The first-order valence-electron chi connectivity index (χ1n) is 5.75. The summed E-state index contributed by atoms with van der Waals surface area (Å²) in [6.45, 7) is 5.45. The molecule has 0 aromatic carbocycles. The average Bonchev–Trinajstić information content (AvgIpc) is 2.75. The minimum atomic E-state index is -0.554. The van der Waals surface area contributed by atoms with Crippen molar-refractivity contribution in [1.82, 2.24) is 14.5 Å². The third-order valence-electron chi connectivity index (χ3n) is 2.24. The summed E-state index contributed by atoms with van der Waals surface area (Å²) in [6.07, 6.45) is 2.52. The Kier molecular flexibility index (Phi) is 3.57. The van der Waals surface area contributed by atoms with Gasteiger partial charge >= 0.3 is 6.09 Å². The molecule has 5 nitrogen and oxygen atoms in total. The van der Waals surface area contributed by atoms with Crippen LogP contribution in [0.15, 0.2) is 30.7 Å². The van der Waals surface area contributed by atoms with E-state index in [1.54, 1.807) is 24.4 Å². The van der Waals surface area contributed by atoms with E-state index < -0.39 is 11.7 Å². The molecule has 2 heterocycles. The standard InChI is InChI=1S/C13H14ClN3O2/c1-13(2,3)19-12(18)17-6-4-5-10(17)9-7-11(14)16-8-15-9/h4-8H,1-3H3. The molecular formula is C13H14ClN3O2. The molecule has 0 N–H and O–H groups in total. The maximum absolute atomic E-state index is 12.1. The molecule has 0 spiro atoms. The first kappa shape index (κ1) is 13.5. The third-order valence-corrected chi connectivity index (χ3v) is 2.44. The van der Waals surface area contributed by atoms with Crippen molar-refractivity contribution in [1.29, 1.82) is 0 Å². The van der Waals surface area contributed by atoms with Crippen molar-refractivity contribution in [2.45, 2.75) is 26.4 Å². The largest absolute Gasteiger partial charge is 0.443 e. The van der Waals surface area contributed by atoms with Crippen molar-refractivity contribution >= 4 is 17.7 Å². The molecule has 100 valence electrons. The summed E-state index contributed by atoms with van der Waals surface area (Å²) < 4.78 is 6.71. The number of hydrogen-bond donors (Lipinski definition) is 0. The van der Waals surface area contributed by atoms with Gasteiger partial charge in [-0.15, -0.1) is 0 Å². The van der Waals surface area contributed by atoms with Crippen LogP contribution in [0.3, 0.4) is 0 Å². The molecular weight excluding hydrogens is 266 g/mol. The first-order valence-corrected chi connectivity index (χ1v) is 6.13. The topological polar surface area (TPSA) is 57.0 Å². The van der Waals surface area contributed by atoms with Gasteiger partial charge in [0, 0.05) is 12.3 Å². The molecule has 0 saturated heterocycles. The minimum absolute atomic E-state index is 0.321. The normalized spacial score (nSPS) is 11.4. The second-order valence-electron chi connectivity index (χ2n) is 4.97. The third kappa shape index (κ3) is 3.32. The van der Waals surface area contributed by atoms with Gasteiger partial charge in [-0.3, -0.25) is 4.57 Å². The van der Waals surface area contributed by atoms with E-state index >= 15 is 0 Å². The predicted octanol–water partition coefficient (Wildman–Crippen LogP) is 3.38. The Morgan fingerprint density at radius 2 is 2.11 bits per heavy atom. The van der Waals surface area contributed by atoms with Crippen LogP contribution in [0.4, 0.5) is 4.79 Å². The molecule has 0 amide bonds. The van der Waals surface area contributed by atoms with Gasteiger partial charge in [-0.05, 0) is 32.9 Å². The Morgan fingerprint density at radius 1 is 1.37 bits per heavy atom. The molecule has 0 aliphatic carbocycles. The van der Waals surface area contributed by atoms with Gasteiger partial charge in [0.2, 0.25) is 0 Å². The molecule has 0 saturated carbocycles. The van der Waals surface area contributed by atoms with E-state index in [0.717, 1.165) is 0 Å². The highest BCUT2D eigenvalue weighted by molar-refractivity contribution is 6.29. The van der Waals surface area contributed by atoms with Gasteiger partial charge in [-0.25, -0.2) is 14.8 Å². The van der Waals surface area contributed by atoms with Crippen LogP contribution < -0.4 is 0 Å². The van der Waals surface area contributed by atoms with E-state index in [1.165, 1.54) is 10.9 Å². The number of ether oxygens (including phenoxy) is 1. The summed E-state index contributed by atoms with van der Waals surface area (Å²) in [5.74, 6) is 0. The Morgan fingerprint density at radius 3 is 2.74 bits per heavy atom. The fourth-order valence-corrected chi connectivity index (χ4v) is 1.68. The number of carbonyl (C=O) groups excluding carboxylic acids is 1. The van der Waals surface area contributed by atoms with Gasteiger partial charge in [0.1, 0.15) is 17.1 Å². The van der Waals surface area contributed by atoms with Crippen molar-refractivity contribution in [3.8, 4) is 11.4 Å². The number of rotatable bonds is 1. The maximum Gasteiger partial charge on any atom is 0.419 e. The average molecular weight is 280 g/mol. The van der Waals surface area contributed by atoms with E-state index in [9.17, 15) is 4.79 Å². The number of halogens is 1. The van der Waals surface area contributed by atoms with Gasteiger partial charge in [0.15, 0.2) is 0 Å². The van der Waals surface area contributed by atoms with Crippen LogP contribution in [-0.2, 0) is 4.74 Å². The van der Waals surface area contributed by atoms with E-state index in [-0.39, 0.29) is 0 Å². The van der Waals surface area contributed by atoms with Crippen LogP contribution in [0.1, 0.15) is 20.8 Å². The Bertz CT molecular complexity index is 602. The highest BCUT2D eigenvalue weighted by atomic mass is 35.5. The molecule has 0 aliphatic heterocycles. The first-order chi connectivity index (χ1) is 8.87. The SMILES string of the molecule is CC(C)(C)OC(=O)n1cccc1-c1cc(Cl)ncn1. The zero-order valence-corrected chi connectivity index (χ0v) is 11.7. The maximum atomic E-state index is 12.1. The molecule has 6 heteroatoms. The number of hydrogen-bond acceptors (Lipinski definition) is 4. The fraction of sp³-hybridized carbons (Fsp3) is 0.308. The van der Waals surface area contributed by atoms with Crippen LogP contribution in [0.5, 0.6) is 0 Å². The van der Waals surface area contributed by atoms with Crippen molar-refractivity contribution in [3.63, 3.8) is 0 Å². The lowest BCUT2D eigenvalue weighted by Gasteiger charge is -2.20. The van der Waals surface area contributed by atoms with E-state index in [1.807, 2.05) is 20.8 Å². The highest BCUT2D eigenvalue weighted by Gasteiger charge is 2.20. The lowest BCUT2D eigenvalue weighted by atomic mass is 10.2. The molecule has 0 atom stereocenters. The molecule has 2 rings (SSSR count). The van der Waals surface area contributed by atoms with Gasteiger partial charge in [0.25, 0.3) is 0 Å². The van der Waals surface area contributed by atoms with Crippen LogP contribution in [0, 0.1) is 0 Å². The Balaban J connectivity index is 2.35. The molecule has 2 aromatic rings. The summed E-state index contributed by atoms with van der Waals surface area (Å²) in [7, 11) is 0. The highest BCUT2D eigenvalue weighted by Crippen LogP contribution is 2.21. The zero-order chi connectivity index (χ0) is 14.0. The predicted molar refractivity (Wildman–Crippen MR) is 72.1 cm³/mol. The summed E-state index contributed by atoms with van der Waals surface area (Å²) in [4.78, 5) is 20.0. The number of carbonyl (C=O) groups is 1. The molecule has 0 aliphatic rings. The van der Waals surface area contributed by atoms with Gasteiger partial charge in [-0.2, -0.15) is 0 Å². The Labute approximate surface area is 116 Å². The molecule has 0 radical (unpaired) electrons. The van der Waals surface area contributed by atoms with Crippen molar-refractivity contribution in [2.24, 2.45) is 0 Å². The van der Waals surface area contributed by atoms with Crippen LogP contribution in [-0.4, -0.2) is 26.2 Å². The summed E-state index contributed by atoms with van der Waals surface area (Å²) in [5.41, 5.74) is 0.622. The molecule has 19 heavy (non-hydrogen) atoms. The monoisotopic (exact) mass is 279 g/mol. The fourth-order valence-electron chi connectivity index (χ4n) is 1.53. The summed E-state index contributed by atoms with van der Waals surface area (Å²) in [6, 6.07) is 5.11. The van der Waals surface area contributed by atoms with Gasteiger partial charge in [-0.1, -0.05) is 11.6 Å². The summed E-state index contributed by atoms with van der Waals surface area (Å²) >= 11 is 5.82.